The van der Waals surface area contributed by atoms with E-state index >= 15 is 0 Å². The van der Waals surface area contributed by atoms with Gasteiger partial charge in [-0.1, -0.05) is 36.4 Å². The average Bonchev–Trinajstić information content (AvgIpc) is 2.48. The van der Waals surface area contributed by atoms with Crippen LogP contribution in [-0.2, 0) is 4.79 Å². The maximum atomic E-state index is 12.3. The first-order chi connectivity index (χ1) is 10.0. The smallest absolute Gasteiger partial charge is 0.330 e. The zero-order valence-corrected chi connectivity index (χ0v) is 11.5. The number of aliphatic carboxylic acids is 1. The Bertz CT molecular complexity index is 668. The molecule has 0 aliphatic rings. The molecule has 108 valence electrons. The fourth-order valence-electron chi connectivity index (χ4n) is 2.04. The Morgan fingerprint density at radius 3 is 2.38 bits per heavy atom. The van der Waals surface area contributed by atoms with E-state index in [1.165, 1.54) is 0 Å². The highest BCUT2D eigenvalue weighted by molar-refractivity contribution is 5.99. The van der Waals surface area contributed by atoms with Crippen LogP contribution in [0.3, 0.4) is 0 Å². The van der Waals surface area contributed by atoms with Gasteiger partial charge in [0.1, 0.15) is 0 Å². The van der Waals surface area contributed by atoms with Crippen LogP contribution in [0.1, 0.15) is 27.5 Å². The number of carboxylic acid groups (broad SMARTS) is 1. The van der Waals surface area contributed by atoms with Gasteiger partial charge in [0.2, 0.25) is 0 Å². The summed E-state index contributed by atoms with van der Waals surface area (Å²) >= 11 is 0. The van der Waals surface area contributed by atoms with Crippen molar-refractivity contribution in [2.24, 2.45) is 0 Å². The molecule has 2 rings (SSSR count). The SMILES string of the molecule is Cc1c(N)cccc1C(=O)NC(C(=O)O)c1ccccc1. The molecule has 5 nitrogen and oxygen atoms in total. The van der Waals surface area contributed by atoms with Crippen molar-refractivity contribution in [3.8, 4) is 0 Å². The Kier molecular flexibility index (Phi) is 4.23. The molecule has 0 fully saturated rings. The summed E-state index contributed by atoms with van der Waals surface area (Å²) in [5, 5.41) is 11.8. The van der Waals surface area contributed by atoms with E-state index in [9.17, 15) is 14.7 Å². The van der Waals surface area contributed by atoms with E-state index in [0.717, 1.165) is 0 Å². The van der Waals surface area contributed by atoms with E-state index in [0.29, 0.717) is 22.4 Å². The normalized spacial score (nSPS) is 11.7. The molecule has 0 radical (unpaired) electrons. The van der Waals surface area contributed by atoms with E-state index in [1.54, 1.807) is 55.5 Å². The number of benzene rings is 2. The minimum Gasteiger partial charge on any atom is -0.479 e. The summed E-state index contributed by atoms with van der Waals surface area (Å²) in [6, 6.07) is 12.4. The van der Waals surface area contributed by atoms with Gasteiger partial charge >= 0.3 is 5.97 Å². The molecule has 0 aromatic heterocycles. The number of nitrogen functional groups attached to an aromatic ring is 1. The number of amides is 1. The number of hydrogen-bond acceptors (Lipinski definition) is 3. The van der Waals surface area contributed by atoms with Gasteiger partial charge in [0.25, 0.3) is 5.91 Å². The van der Waals surface area contributed by atoms with E-state index < -0.39 is 17.9 Å². The van der Waals surface area contributed by atoms with Gasteiger partial charge in [-0.3, -0.25) is 4.79 Å². The molecule has 21 heavy (non-hydrogen) atoms. The first-order valence-electron chi connectivity index (χ1n) is 6.44. The summed E-state index contributed by atoms with van der Waals surface area (Å²) in [5.41, 5.74) is 7.78. The summed E-state index contributed by atoms with van der Waals surface area (Å²) in [6.07, 6.45) is 0. The van der Waals surface area contributed by atoms with Gasteiger partial charge in [-0.25, -0.2) is 4.79 Å². The number of anilines is 1. The second-order valence-electron chi connectivity index (χ2n) is 4.68. The van der Waals surface area contributed by atoms with E-state index in [1.807, 2.05) is 0 Å². The van der Waals surface area contributed by atoms with Crippen molar-refractivity contribution in [3.05, 3.63) is 65.2 Å². The highest BCUT2D eigenvalue weighted by atomic mass is 16.4. The molecule has 0 heterocycles. The third-order valence-corrected chi connectivity index (χ3v) is 3.28. The standard InChI is InChI=1S/C16H16N2O3/c1-10-12(8-5-9-13(10)17)15(19)18-14(16(20)21)11-6-3-2-4-7-11/h2-9,14H,17H2,1H3,(H,18,19)(H,20,21). The molecule has 1 unspecified atom stereocenters. The molecular weight excluding hydrogens is 268 g/mol. The van der Waals surface area contributed by atoms with Crippen LogP contribution >= 0.6 is 0 Å². The van der Waals surface area contributed by atoms with Crippen LogP contribution in [0, 0.1) is 6.92 Å². The van der Waals surface area contributed by atoms with Crippen molar-refractivity contribution < 1.29 is 14.7 Å². The monoisotopic (exact) mass is 284 g/mol. The molecule has 1 amide bonds. The quantitative estimate of drug-likeness (QED) is 0.750. The van der Waals surface area contributed by atoms with Gasteiger partial charge in [0.15, 0.2) is 6.04 Å². The predicted octanol–water partition coefficient (Wildman–Crippen LogP) is 2.13. The van der Waals surface area contributed by atoms with Crippen molar-refractivity contribution in [1.29, 1.82) is 0 Å². The summed E-state index contributed by atoms with van der Waals surface area (Å²) in [6.45, 7) is 1.72. The number of carboxylic acids is 1. The van der Waals surface area contributed by atoms with Crippen LogP contribution in [0.5, 0.6) is 0 Å². The van der Waals surface area contributed by atoms with E-state index in [4.69, 9.17) is 5.73 Å². The van der Waals surface area contributed by atoms with Gasteiger partial charge in [0, 0.05) is 11.3 Å². The lowest BCUT2D eigenvalue weighted by Gasteiger charge is -2.16. The third kappa shape index (κ3) is 3.20. The van der Waals surface area contributed by atoms with Crippen LogP contribution in [0.2, 0.25) is 0 Å². The molecule has 1 atom stereocenters. The second kappa shape index (κ2) is 6.09. The van der Waals surface area contributed by atoms with Crippen molar-refractivity contribution in [1.82, 2.24) is 5.32 Å². The maximum Gasteiger partial charge on any atom is 0.330 e. The van der Waals surface area contributed by atoms with E-state index in [-0.39, 0.29) is 0 Å². The maximum absolute atomic E-state index is 12.3. The first kappa shape index (κ1) is 14.6. The summed E-state index contributed by atoms with van der Waals surface area (Å²) in [7, 11) is 0. The lowest BCUT2D eigenvalue weighted by atomic mass is 10.0. The number of nitrogens with one attached hydrogen (secondary N) is 1. The second-order valence-corrected chi connectivity index (χ2v) is 4.68. The number of carbonyl (C=O) groups is 2. The van der Waals surface area contributed by atoms with Crippen LogP contribution < -0.4 is 11.1 Å². The molecule has 0 spiro atoms. The Hall–Kier alpha value is -2.82. The zero-order chi connectivity index (χ0) is 15.4. The Morgan fingerprint density at radius 2 is 1.76 bits per heavy atom. The largest absolute Gasteiger partial charge is 0.479 e. The molecule has 2 aromatic rings. The molecule has 2 aromatic carbocycles. The van der Waals surface area contributed by atoms with Crippen molar-refractivity contribution >= 4 is 17.6 Å². The van der Waals surface area contributed by atoms with Crippen LogP contribution in [-0.4, -0.2) is 17.0 Å². The van der Waals surface area contributed by atoms with Gasteiger partial charge in [-0.2, -0.15) is 0 Å². The average molecular weight is 284 g/mol. The van der Waals surface area contributed by atoms with E-state index in [2.05, 4.69) is 5.32 Å². The molecule has 0 aliphatic heterocycles. The Labute approximate surface area is 122 Å². The van der Waals surface area contributed by atoms with Crippen molar-refractivity contribution in [2.75, 3.05) is 5.73 Å². The molecule has 0 aliphatic carbocycles. The fourth-order valence-corrected chi connectivity index (χ4v) is 2.04. The molecule has 0 bridgehead atoms. The minimum absolute atomic E-state index is 0.372. The molecular formula is C16H16N2O3. The Balaban J connectivity index is 2.28. The van der Waals surface area contributed by atoms with Gasteiger partial charge in [-0.15, -0.1) is 0 Å². The molecule has 0 saturated heterocycles. The third-order valence-electron chi connectivity index (χ3n) is 3.28. The fraction of sp³-hybridized carbons (Fsp3) is 0.125. The highest BCUT2D eigenvalue weighted by Crippen LogP contribution is 2.18. The number of rotatable bonds is 4. The first-order valence-corrected chi connectivity index (χ1v) is 6.44. The highest BCUT2D eigenvalue weighted by Gasteiger charge is 2.23. The van der Waals surface area contributed by atoms with Crippen molar-refractivity contribution in [2.45, 2.75) is 13.0 Å². The topological polar surface area (TPSA) is 92.4 Å². The number of carbonyl (C=O) groups excluding carboxylic acids is 1. The summed E-state index contributed by atoms with van der Waals surface area (Å²) in [4.78, 5) is 23.7. The van der Waals surface area contributed by atoms with Gasteiger partial charge in [0.05, 0.1) is 0 Å². The van der Waals surface area contributed by atoms with Crippen LogP contribution in [0.4, 0.5) is 5.69 Å². The minimum atomic E-state index is -1.11. The lowest BCUT2D eigenvalue weighted by Crippen LogP contribution is -2.34. The molecule has 5 heteroatoms. The Morgan fingerprint density at radius 1 is 1.10 bits per heavy atom. The predicted molar refractivity (Wildman–Crippen MR) is 79.9 cm³/mol. The number of hydrogen-bond donors (Lipinski definition) is 3. The lowest BCUT2D eigenvalue weighted by molar-refractivity contribution is -0.139. The van der Waals surface area contributed by atoms with Crippen molar-refractivity contribution in [3.63, 3.8) is 0 Å². The van der Waals surface area contributed by atoms with Crippen LogP contribution in [0.15, 0.2) is 48.5 Å². The molecule has 0 saturated carbocycles. The number of nitrogens with two attached hydrogens (primary N) is 1. The van der Waals surface area contributed by atoms with Crippen LogP contribution in [0.25, 0.3) is 0 Å². The van der Waals surface area contributed by atoms with Gasteiger partial charge in [-0.05, 0) is 30.2 Å². The summed E-state index contributed by atoms with van der Waals surface area (Å²) in [5.74, 6) is -1.58. The zero-order valence-electron chi connectivity index (χ0n) is 11.5. The molecule has 4 N–H and O–H groups in total. The summed E-state index contributed by atoms with van der Waals surface area (Å²) < 4.78 is 0. The van der Waals surface area contributed by atoms with Gasteiger partial charge < -0.3 is 16.2 Å².